The molecule has 1 aromatic heterocycles. The van der Waals surface area contributed by atoms with Crippen molar-refractivity contribution in [3.63, 3.8) is 0 Å². The summed E-state index contributed by atoms with van der Waals surface area (Å²) in [6, 6.07) is 12.4. The molecule has 0 saturated heterocycles. The second-order valence-corrected chi connectivity index (χ2v) is 7.13. The fourth-order valence-electron chi connectivity index (χ4n) is 1.61. The van der Waals surface area contributed by atoms with Gasteiger partial charge in [0, 0.05) is 43.9 Å². The summed E-state index contributed by atoms with van der Waals surface area (Å²) in [7, 11) is 0. The molecule has 0 aliphatic heterocycles. The van der Waals surface area contributed by atoms with Gasteiger partial charge in [0.2, 0.25) is 0 Å². The topological polar surface area (TPSA) is 38.9 Å². The quantitative estimate of drug-likeness (QED) is 0.760. The van der Waals surface area contributed by atoms with E-state index in [9.17, 15) is 0 Å². The molecular formula is C14H14Br2N2S. The number of nitrogens with two attached hydrogens (primary N) is 1. The zero-order valence-corrected chi connectivity index (χ0v) is 14.2. The van der Waals surface area contributed by atoms with Gasteiger partial charge in [0.1, 0.15) is 0 Å². The fourth-order valence-corrected chi connectivity index (χ4v) is 3.31. The van der Waals surface area contributed by atoms with Crippen molar-refractivity contribution >= 4 is 43.6 Å². The smallest absolute Gasteiger partial charge is 0.0420 e. The third-order valence-electron chi connectivity index (χ3n) is 2.52. The Balaban J connectivity index is 1.84. The molecule has 0 aliphatic rings. The molecule has 0 radical (unpaired) electrons. The van der Waals surface area contributed by atoms with E-state index in [2.05, 4.69) is 49.0 Å². The molecule has 0 bridgehead atoms. The zero-order valence-electron chi connectivity index (χ0n) is 10.2. The van der Waals surface area contributed by atoms with Gasteiger partial charge in [-0.3, -0.25) is 4.98 Å². The van der Waals surface area contributed by atoms with Crippen LogP contribution in [0.5, 0.6) is 0 Å². The van der Waals surface area contributed by atoms with E-state index in [0.717, 1.165) is 26.8 Å². The molecule has 5 heteroatoms. The average Bonchev–Trinajstić information content (AvgIpc) is 2.39. The number of thioether (sulfide) groups is 1. The van der Waals surface area contributed by atoms with Gasteiger partial charge in [-0.2, -0.15) is 0 Å². The van der Waals surface area contributed by atoms with Crippen LogP contribution in [0.2, 0.25) is 0 Å². The van der Waals surface area contributed by atoms with Gasteiger partial charge in [-0.15, -0.1) is 11.8 Å². The van der Waals surface area contributed by atoms with Crippen LogP contribution in [0.4, 0.5) is 0 Å². The van der Waals surface area contributed by atoms with E-state index in [1.807, 2.05) is 30.5 Å². The van der Waals surface area contributed by atoms with Gasteiger partial charge in [0.05, 0.1) is 0 Å². The fraction of sp³-hybridized carbons (Fsp3) is 0.214. The number of pyridine rings is 1. The van der Waals surface area contributed by atoms with E-state index in [4.69, 9.17) is 5.73 Å². The number of nitrogens with zero attached hydrogens (tertiary/aromatic N) is 1. The predicted molar refractivity (Wildman–Crippen MR) is 88.5 cm³/mol. The van der Waals surface area contributed by atoms with Crippen molar-refractivity contribution in [3.8, 4) is 0 Å². The maximum atomic E-state index is 6.15. The van der Waals surface area contributed by atoms with Crippen LogP contribution in [0.15, 0.2) is 56.4 Å². The first-order valence-corrected chi connectivity index (χ1v) is 8.45. The standard InChI is InChI=1S/C14H14Br2N2S/c15-10-2-1-3-14(6-10)19-9-12(17)7-13-5-4-11(16)8-18-13/h1-6,8,12H,7,9,17H2. The van der Waals surface area contributed by atoms with Crippen LogP contribution < -0.4 is 5.73 Å². The molecule has 0 amide bonds. The van der Waals surface area contributed by atoms with Crippen molar-refractivity contribution in [1.29, 1.82) is 0 Å². The molecule has 19 heavy (non-hydrogen) atoms. The first-order chi connectivity index (χ1) is 9.13. The minimum absolute atomic E-state index is 0.109. The second-order valence-electron chi connectivity index (χ2n) is 4.20. The molecule has 2 aromatic rings. The van der Waals surface area contributed by atoms with Crippen molar-refractivity contribution in [2.75, 3.05) is 5.75 Å². The van der Waals surface area contributed by atoms with E-state index in [1.54, 1.807) is 11.8 Å². The van der Waals surface area contributed by atoms with Crippen LogP contribution in [0.1, 0.15) is 5.69 Å². The lowest BCUT2D eigenvalue weighted by atomic mass is 10.2. The largest absolute Gasteiger partial charge is 0.327 e. The Morgan fingerprint density at radius 2 is 2.00 bits per heavy atom. The number of hydrogen-bond donors (Lipinski definition) is 1. The van der Waals surface area contributed by atoms with Gasteiger partial charge in [-0.05, 0) is 46.3 Å². The van der Waals surface area contributed by atoms with Crippen LogP contribution in [0, 0.1) is 0 Å². The van der Waals surface area contributed by atoms with Gasteiger partial charge in [0.15, 0.2) is 0 Å². The summed E-state index contributed by atoms with van der Waals surface area (Å²) in [6.07, 6.45) is 2.61. The Morgan fingerprint density at radius 1 is 1.16 bits per heavy atom. The molecule has 100 valence electrons. The lowest BCUT2D eigenvalue weighted by Crippen LogP contribution is -2.25. The molecule has 2 N–H and O–H groups in total. The summed E-state index contributed by atoms with van der Waals surface area (Å²) in [6.45, 7) is 0. The van der Waals surface area contributed by atoms with Crippen LogP contribution in [0.25, 0.3) is 0 Å². The van der Waals surface area contributed by atoms with Crippen LogP contribution in [-0.2, 0) is 6.42 Å². The number of hydrogen-bond acceptors (Lipinski definition) is 3. The summed E-state index contributed by atoms with van der Waals surface area (Å²) in [5.74, 6) is 0.883. The number of rotatable bonds is 5. The van der Waals surface area contributed by atoms with Crippen LogP contribution in [0.3, 0.4) is 0 Å². The second kappa shape index (κ2) is 7.43. The molecule has 1 atom stereocenters. The molecule has 0 saturated carbocycles. The highest BCUT2D eigenvalue weighted by Crippen LogP contribution is 2.22. The SMILES string of the molecule is NC(CSc1cccc(Br)c1)Cc1ccc(Br)cn1. The Kier molecular flexibility index (Phi) is 5.88. The highest BCUT2D eigenvalue weighted by Gasteiger charge is 2.06. The molecule has 1 heterocycles. The Hall–Kier alpha value is -0.360. The molecule has 0 spiro atoms. The number of benzene rings is 1. The third-order valence-corrected chi connectivity index (χ3v) is 4.66. The summed E-state index contributed by atoms with van der Waals surface area (Å²) in [5, 5.41) is 0. The van der Waals surface area contributed by atoms with Crippen molar-refractivity contribution in [2.24, 2.45) is 5.73 Å². The summed E-state index contributed by atoms with van der Waals surface area (Å²) < 4.78 is 2.09. The number of halogens is 2. The van der Waals surface area contributed by atoms with Crippen LogP contribution >= 0.6 is 43.6 Å². The van der Waals surface area contributed by atoms with Gasteiger partial charge in [-0.1, -0.05) is 22.0 Å². The maximum absolute atomic E-state index is 6.15. The summed E-state index contributed by atoms with van der Waals surface area (Å²) in [5.41, 5.74) is 7.18. The van der Waals surface area contributed by atoms with Gasteiger partial charge < -0.3 is 5.73 Å². The zero-order chi connectivity index (χ0) is 13.7. The van der Waals surface area contributed by atoms with Gasteiger partial charge >= 0.3 is 0 Å². The molecule has 0 aliphatic carbocycles. The Bertz CT molecular complexity index is 531. The van der Waals surface area contributed by atoms with Crippen molar-refractivity contribution in [3.05, 3.63) is 57.2 Å². The van der Waals surface area contributed by atoms with Crippen molar-refractivity contribution < 1.29 is 0 Å². The third kappa shape index (κ3) is 5.26. The lowest BCUT2D eigenvalue weighted by molar-refractivity contribution is 0.731. The van der Waals surface area contributed by atoms with Crippen molar-refractivity contribution in [1.82, 2.24) is 4.98 Å². The minimum atomic E-state index is 0.109. The van der Waals surface area contributed by atoms with E-state index >= 15 is 0 Å². The highest BCUT2D eigenvalue weighted by molar-refractivity contribution is 9.10. The highest BCUT2D eigenvalue weighted by atomic mass is 79.9. The van der Waals surface area contributed by atoms with Crippen molar-refractivity contribution in [2.45, 2.75) is 17.4 Å². The molecular weight excluding hydrogens is 388 g/mol. The molecule has 2 nitrogen and oxygen atoms in total. The Morgan fingerprint density at radius 3 is 2.68 bits per heavy atom. The van der Waals surface area contributed by atoms with E-state index in [1.165, 1.54) is 4.90 Å². The number of aromatic nitrogens is 1. The summed E-state index contributed by atoms with van der Waals surface area (Å²) >= 11 is 8.62. The van der Waals surface area contributed by atoms with E-state index in [-0.39, 0.29) is 6.04 Å². The van der Waals surface area contributed by atoms with Gasteiger partial charge in [0.25, 0.3) is 0 Å². The molecule has 0 fully saturated rings. The maximum Gasteiger partial charge on any atom is 0.0420 e. The monoisotopic (exact) mass is 400 g/mol. The molecule has 1 aromatic carbocycles. The van der Waals surface area contributed by atoms with E-state index in [0.29, 0.717) is 0 Å². The van der Waals surface area contributed by atoms with Gasteiger partial charge in [-0.25, -0.2) is 0 Å². The average molecular weight is 402 g/mol. The first kappa shape index (κ1) is 15.0. The summed E-state index contributed by atoms with van der Waals surface area (Å²) in [4.78, 5) is 5.57. The predicted octanol–water partition coefficient (Wildman–Crippen LogP) is 4.27. The molecule has 1 unspecified atom stereocenters. The normalized spacial score (nSPS) is 12.4. The molecule has 2 rings (SSSR count). The van der Waals surface area contributed by atoms with Crippen LogP contribution in [-0.4, -0.2) is 16.8 Å². The lowest BCUT2D eigenvalue weighted by Gasteiger charge is -2.11. The first-order valence-electron chi connectivity index (χ1n) is 5.88. The minimum Gasteiger partial charge on any atom is -0.327 e. The van der Waals surface area contributed by atoms with E-state index < -0.39 is 0 Å². The Labute approximate surface area is 134 Å².